The van der Waals surface area contributed by atoms with Crippen LogP contribution in [0, 0.1) is 23.2 Å². The summed E-state index contributed by atoms with van der Waals surface area (Å²) in [6.45, 7) is 2.23. The molecule has 0 heterocycles. The van der Waals surface area contributed by atoms with Gasteiger partial charge in [0.05, 0.1) is 17.6 Å². The van der Waals surface area contributed by atoms with Crippen molar-refractivity contribution in [2.75, 3.05) is 0 Å². The number of hydrogen-bond donors (Lipinski definition) is 0. The highest BCUT2D eigenvalue weighted by atomic mass is 16.5. The minimum atomic E-state index is -0.150. The van der Waals surface area contributed by atoms with Gasteiger partial charge in [-0.25, -0.2) is 0 Å². The maximum Gasteiger partial charge on any atom is 0.314 e. The highest BCUT2D eigenvalue weighted by molar-refractivity contribution is 5.77. The number of carbonyl (C=O) groups is 1. The van der Waals surface area contributed by atoms with Gasteiger partial charge in [-0.1, -0.05) is 62.9 Å². The molecule has 0 spiro atoms. The first-order valence-electron chi connectivity index (χ1n) is 10.5. The molecule has 2 aromatic carbocycles. The number of unbranched alkanes of at least 4 members (excludes halogenated alkanes) is 2. The Morgan fingerprint density at radius 3 is 2.50 bits per heavy atom. The van der Waals surface area contributed by atoms with Gasteiger partial charge in [-0.15, -0.1) is 0 Å². The molecule has 3 nitrogen and oxygen atoms in total. The molecule has 0 radical (unpaired) electrons. The zero-order chi connectivity index (χ0) is 19.8. The molecular formula is C25H29NO2. The van der Waals surface area contributed by atoms with Crippen molar-refractivity contribution in [3.63, 3.8) is 0 Å². The monoisotopic (exact) mass is 375 g/mol. The Labute approximate surface area is 168 Å². The molecule has 28 heavy (non-hydrogen) atoms. The van der Waals surface area contributed by atoms with Crippen molar-refractivity contribution >= 4 is 5.97 Å². The summed E-state index contributed by atoms with van der Waals surface area (Å²) in [4.78, 5) is 12.6. The molecule has 0 unspecified atom stereocenters. The molecule has 1 fully saturated rings. The molecule has 0 atom stereocenters. The molecule has 3 rings (SSSR count). The number of hydrogen-bond acceptors (Lipinski definition) is 3. The minimum Gasteiger partial charge on any atom is -0.426 e. The van der Waals surface area contributed by atoms with E-state index in [2.05, 4.69) is 13.0 Å². The van der Waals surface area contributed by atoms with Crippen LogP contribution in [0.1, 0.15) is 63.9 Å². The minimum absolute atomic E-state index is 0.0123. The van der Waals surface area contributed by atoms with E-state index in [1.807, 2.05) is 36.4 Å². The molecule has 0 bridgehead atoms. The number of ether oxygens (including phenoxy) is 1. The second-order valence-electron chi connectivity index (χ2n) is 7.82. The number of nitrogens with zero attached hydrogens (tertiary/aromatic N) is 1. The van der Waals surface area contributed by atoms with E-state index in [0.717, 1.165) is 42.7 Å². The van der Waals surface area contributed by atoms with Crippen LogP contribution in [0.4, 0.5) is 0 Å². The van der Waals surface area contributed by atoms with Crippen molar-refractivity contribution in [3.8, 4) is 22.9 Å². The van der Waals surface area contributed by atoms with E-state index < -0.39 is 0 Å². The molecule has 1 aliphatic carbocycles. The van der Waals surface area contributed by atoms with Gasteiger partial charge in [-0.05, 0) is 60.9 Å². The Morgan fingerprint density at radius 2 is 1.82 bits per heavy atom. The molecular weight excluding hydrogens is 346 g/mol. The first-order valence-corrected chi connectivity index (χ1v) is 10.5. The van der Waals surface area contributed by atoms with Crippen LogP contribution in [0.25, 0.3) is 11.1 Å². The van der Waals surface area contributed by atoms with Gasteiger partial charge in [0, 0.05) is 0 Å². The van der Waals surface area contributed by atoms with E-state index in [1.54, 1.807) is 12.1 Å². The Balaban J connectivity index is 1.58. The van der Waals surface area contributed by atoms with Crippen molar-refractivity contribution in [1.29, 1.82) is 5.26 Å². The SMILES string of the molecule is CCCCCC1CCC(C(=O)Oc2ccc(-c3ccccc3)c(C#N)c2)CC1. The smallest absolute Gasteiger partial charge is 0.314 e. The maximum atomic E-state index is 12.6. The topological polar surface area (TPSA) is 50.1 Å². The second-order valence-corrected chi connectivity index (χ2v) is 7.82. The molecule has 3 heteroatoms. The van der Waals surface area contributed by atoms with Gasteiger partial charge in [0.1, 0.15) is 5.75 Å². The highest BCUT2D eigenvalue weighted by Crippen LogP contribution is 2.33. The fourth-order valence-corrected chi connectivity index (χ4v) is 4.12. The summed E-state index contributed by atoms with van der Waals surface area (Å²) in [7, 11) is 0. The van der Waals surface area contributed by atoms with Gasteiger partial charge < -0.3 is 4.74 Å². The Hall–Kier alpha value is -2.60. The van der Waals surface area contributed by atoms with Gasteiger partial charge >= 0.3 is 5.97 Å². The summed E-state index contributed by atoms with van der Waals surface area (Å²) in [5, 5.41) is 9.51. The molecule has 0 aliphatic heterocycles. The van der Waals surface area contributed by atoms with Crippen molar-refractivity contribution in [2.45, 2.75) is 58.3 Å². The molecule has 0 amide bonds. The lowest BCUT2D eigenvalue weighted by Gasteiger charge is -2.27. The van der Waals surface area contributed by atoms with Gasteiger partial charge in [-0.2, -0.15) is 5.26 Å². The van der Waals surface area contributed by atoms with Crippen molar-refractivity contribution in [3.05, 3.63) is 54.1 Å². The summed E-state index contributed by atoms with van der Waals surface area (Å²) in [6.07, 6.45) is 9.26. The maximum absolute atomic E-state index is 12.6. The third-order valence-corrected chi connectivity index (χ3v) is 5.81. The van der Waals surface area contributed by atoms with Crippen LogP contribution >= 0.6 is 0 Å². The van der Waals surface area contributed by atoms with Gasteiger partial charge in [-0.3, -0.25) is 4.79 Å². The van der Waals surface area contributed by atoms with Crippen LogP contribution in [0.15, 0.2) is 48.5 Å². The first-order chi connectivity index (χ1) is 13.7. The van der Waals surface area contributed by atoms with Crippen LogP contribution in [0.3, 0.4) is 0 Å². The quantitative estimate of drug-likeness (QED) is 0.314. The van der Waals surface area contributed by atoms with Crippen LogP contribution in [-0.4, -0.2) is 5.97 Å². The number of rotatable bonds is 7. The molecule has 146 valence electrons. The van der Waals surface area contributed by atoms with E-state index in [0.29, 0.717) is 11.3 Å². The predicted molar refractivity (Wildman–Crippen MR) is 112 cm³/mol. The van der Waals surface area contributed by atoms with Crippen LogP contribution in [0.2, 0.25) is 0 Å². The van der Waals surface area contributed by atoms with Gasteiger partial charge in [0.25, 0.3) is 0 Å². The van der Waals surface area contributed by atoms with E-state index in [1.165, 1.54) is 25.7 Å². The lowest BCUT2D eigenvalue weighted by atomic mass is 9.80. The number of benzene rings is 2. The second kappa shape index (κ2) is 10.1. The third kappa shape index (κ3) is 5.23. The standard InChI is InChI=1S/C25H29NO2/c1-2-3-5-8-19-11-13-21(14-12-19)25(27)28-23-15-16-24(22(17-23)18-26)20-9-6-4-7-10-20/h4,6-7,9-10,15-17,19,21H,2-3,5,8,11-14H2,1H3. The van der Waals surface area contributed by atoms with E-state index >= 15 is 0 Å². The van der Waals surface area contributed by atoms with Crippen molar-refractivity contribution in [2.24, 2.45) is 11.8 Å². The summed E-state index contributed by atoms with van der Waals surface area (Å²) in [5.74, 6) is 1.07. The molecule has 0 N–H and O–H groups in total. The summed E-state index contributed by atoms with van der Waals surface area (Å²) >= 11 is 0. The van der Waals surface area contributed by atoms with E-state index in [4.69, 9.17) is 4.74 Å². The molecule has 1 saturated carbocycles. The average Bonchev–Trinajstić information content (AvgIpc) is 2.75. The molecule has 0 aromatic heterocycles. The van der Waals surface area contributed by atoms with Crippen LogP contribution < -0.4 is 4.74 Å². The number of carbonyl (C=O) groups excluding carboxylic acids is 1. The lowest BCUT2D eigenvalue weighted by molar-refractivity contribution is -0.140. The molecule has 0 saturated heterocycles. The largest absolute Gasteiger partial charge is 0.426 e. The zero-order valence-electron chi connectivity index (χ0n) is 16.7. The summed E-state index contributed by atoms with van der Waals surface area (Å²) < 4.78 is 5.63. The van der Waals surface area contributed by atoms with Gasteiger partial charge in [0.2, 0.25) is 0 Å². The average molecular weight is 376 g/mol. The lowest BCUT2D eigenvalue weighted by Crippen LogP contribution is -2.25. The molecule has 1 aliphatic rings. The van der Waals surface area contributed by atoms with Gasteiger partial charge in [0.15, 0.2) is 0 Å². The Kier molecular flexibility index (Phi) is 7.25. The fourth-order valence-electron chi connectivity index (χ4n) is 4.12. The Bertz CT molecular complexity index is 814. The third-order valence-electron chi connectivity index (χ3n) is 5.81. The Morgan fingerprint density at radius 1 is 1.07 bits per heavy atom. The summed E-state index contributed by atoms with van der Waals surface area (Å²) in [6, 6.07) is 17.3. The normalized spacial score (nSPS) is 19.0. The predicted octanol–water partition coefficient (Wildman–Crippen LogP) is 6.52. The highest BCUT2D eigenvalue weighted by Gasteiger charge is 2.27. The van der Waals surface area contributed by atoms with Crippen LogP contribution in [0.5, 0.6) is 5.75 Å². The summed E-state index contributed by atoms with van der Waals surface area (Å²) in [5.41, 5.74) is 2.37. The first kappa shape index (κ1) is 20.1. The molecule has 2 aromatic rings. The fraction of sp³-hybridized carbons (Fsp3) is 0.440. The zero-order valence-corrected chi connectivity index (χ0v) is 16.7. The van der Waals surface area contributed by atoms with Crippen molar-refractivity contribution < 1.29 is 9.53 Å². The van der Waals surface area contributed by atoms with E-state index in [-0.39, 0.29) is 11.9 Å². The number of nitriles is 1. The number of esters is 1. The van der Waals surface area contributed by atoms with E-state index in [9.17, 15) is 10.1 Å². The van der Waals surface area contributed by atoms with Crippen LogP contribution in [-0.2, 0) is 4.79 Å². The van der Waals surface area contributed by atoms with Crippen molar-refractivity contribution in [1.82, 2.24) is 0 Å².